The topological polar surface area (TPSA) is 20.2 Å². The molecule has 1 aromatic rings. The summed E-state index contributed by atoms with van der Waals surface area (Å²) >= 11 is 1.72. The molecule has 0 saturated carbocycles. The second-order valence-corrected chi connectivity index (χ2v) is 3.28. The second kappa shape index (κ2) is 3.74. The minimum Gasteiger partial charge on any atom is -0.396 e. The van der Waals surface area contributed by atoms with Gasteiger partial charge in [0.05, 0.1) is 6.61 Å². The summed E-state index contributed by atoms with van der Waals surface area (Å²) in [6.45, 7) is 2.37. The summed E-state index contributed by atoms with van der Waals surface area (Å²) < 4.78 is 0. The summed E-state index contributed by atoms with van der Waals surface area (Å²) in [5, 5.41) is 11.0. The summed E-state index contributed by atoms with van der Waals surface area (Å²) in [6, 6.07) is 4.10. The predicted octanol–water partition coefficient (Wildman–Crippen LogP) is 2.23. The van der Waals surface area contributed by atoms with E-state index in [0.29, 0.717) is 5.92 Å². The lowest BCUT2D eigenvalue weighted by Gasteiger charge is -2.06. The predicted molar refractivity (Wildman–Crippen MR) is 44.4 cm³/mol. The van der Waals surface area contributed by atoms with Crippen LogP contribution in [-0.4, -0.2) is 11.7 Å². The fraction of sp³-hybridized carbons (Fsp3) is 0.500. The van der Waals surface area contributed by atoms with E-state index < -0.39 is 0 Å². The molecule has 1 N–H and O–H groups in total. The van der Waals surface area contributed by atoms with Gasteiger partial charge in [-0.3, -0.25) is 0 Å². The van der Waals surface area contributed by atoms with Gasteiger partial charge in [0.1, 0.15) is 0 Å². The standard InChI is InChI=1S/C8H12OS/c1-2-7(6-9)8-4-3-5-10-8/h3-5,7,9H,2,6H2,1H3. The van der Waals surface area contributed by atoms with Gasteiger partial charge in [0.2, 0.25) is 0 Å². The molecule has 1 rings (SSSR count). The van der Waals surface area contributed by atoms with Crippen molar-refractivity contribution in [2.75, 3.05) is 6.61 Å². The first-order valence-electron chi connectivity index (χ1n) is 3.52. The van der Waals surface area contributed by atoms with Crippen LogP contribution in [0.15, 0.2) is 17.5 Å². The van der Waals surface area contributed by atoms with Crippen LogP contribution in [-0.2, 0) is 0 Å². The molecule has 1 heterocycles. The summed E-state index contributed by atoms with van der Waals surface area (Å²) in [5.41, 5.74) is 0. The van der Waals surface area contributed by atoms with Crippen LogP contribution in [0.1, 0.15) is 24.1 Å². The quantitative estimate of drug-likeness (QED) is 0.711. The van der Waals surface area contributed by atoms with Crippen molar-refractivity contribution in [3.8, 4) is 0 Å². The normalized spacial score (nSPS) is 13.4. The molecule has 0 aliphatic heterocycles. The number of thiophene rings is 1. The van der Waals surface area contributed by atoms with Gasteiger partial charge in [0.15, 0.2) is 0 Å². The second-order valence-electron chi connectivity index (χ2n) is 2.30. The van der Waals surface area contributed by atoms with Crippen molar-refractivity contribution < 1.29 is 5.11 Å². The molecule has 1 unspecified atom stereocenters. The highest BCUT2D eigenvalue weighted by atomic mass is 32.1. The molecule has 0 aliphatic carbocycles. The highest BCUT2D eigenvalue weighted by Gasteiger charge is 2.07. The smallest absolute Gasteiger partial charge is 0.0507 e. The minimum atomic E-state index is 0.275. The van der Waals surface area contributed by atoms with E-state index in [-0.39, 0.29) is 6.61 Å². The molecule has 1 atom stereocenters. The molecule has 56 valence electrons. The fourth-order valence-corrected chi connectivity index (χ4v) is 1.85. The molecule has 0 amide bonds. The summed E-state index contributed by atoms with van der Waals surface area (Å²) in [4.78, 5) is 1.30. The molecule has 2 heteroatoms. The van der Waals surface area contributed by atoms with Gasteiger partial charge in [0, 0.05) is 10.8 Å². The lowest BCUT2D eigenvalue weighted by molar-refractivity contribution is 0.264. The van der Waals surface area contributed by atoms with Gasteiger partial charge in [-0.1, -0.05) is 13.0 Å². The van der Waals surface area contributed by atoms with Crippen molar-refractivity contribution in [3.05, 3.63) is 22.4 Å². The Balaban J connectivity index is 2.64. The number of aliphatic hydroxyl groups excluding tert-OH is 1. The van der Waals surface area contributed by atoms with Gasteiger partial charge in [-0.2, -0.15) is 0 Å². The Labute approximate surface area is 65.3 Å². The van der Waals surface area contributed by atoms with Crippen molar-refractivity contribution in [2.24, 2.45) is 0 Å². The third-order valence-corrected chi connectivity index (χ3v) is 2.69. The average molecular weight is 156 g/mol. The molecule has 10 heavy (non-hydrogen) atoms. The third-order valence-electron chi connectivity index (χ3n) is 1.66. The Kier molecular flexibility index (Phi) is 2.90. The van der Waals surface area contributed by atoms with Crippen LogP contribution in [0.2, 0.25) is 0 Å². The Hall–Kier alpha value is -0.340. The number of hydrogen-bond donors (Lipinski definition) is 1. The molecule has 0 radical (unpaired) electrons. The van der Waals surface area contributed by atoms with E-state index in [1.165, 1.54) is 4.88 Å². The van der Waals surface area contributed by atoms with Crippen LogP contribution >= 0.6 is 11.3 Å². The highest BCUT2D eigenvalue weighted by molar-refractivity contribution is 7.10. The molecular weight excluding hydrogens is 144 g/mol. The Morgan fingerprint density at radius 3 is 2.90 bits per heavy atom. The number of hydrogen-bond acceptors (Lipinski definition) is 2. The van der Waals surface area contributed by atoms with Gasteiger partial charge in [-0.05, 0) is 17.9 Å². The maximum absolute atomic E-state index is 8.90. The van der Waals surface area contributed by atoms with Gasteiger partial charge in [-0.15, -0.1) is 11.3 Å². The van der Waals surface area contributed by atoms with Gasteiger partial charge in [0.25, 0.3) is 0 Å². The first kappa shape index (κ1) is 7.76. The van der Waals surface area contributed by atoms with Crippen molar-refractivity contribution in [3.63, 3.8) is 0 Å². The van der Waals surface area contributed by atoms with Crippen LogP contribution < -0.4 is 0 Å². The largest absolute Gasteiger partial charge is 0.396 e. The number of aliphatic hydroxyl groups is 1. The van der Waals surface area contributed by atoms with Crippen LogP contribution in [0.4, 0.5) is 0 Å². The van der Waals surface area contributed by atoms with E-state index in [0.717, 1.165) is 6.42 Å². The maximum atomic E-state index is 8.90. The van der Waals surface area contributed by atoms with E-state index in [4.69, 9.17) is 5.11 Å². The molecular formula is C8H12OS. The lowest BCUT2D eigenvalue weighted by atomic mass is 10.1. The molecule has 0 saturated heterocycles. The van der Waals surface area contributed by atoms with Crippen LogP contribution in [0.5, 0.6) is 0 Å². The minimum absolute atomic E-state index is 0.275. The highest BCUT2D eigenvalue weighted by Crippen LogP contribution is 2.22. The summed E-state index contributed by atoms with van der Waals surface area (Å²) in [6.07, 6.45) is 1.02. The molecule has 0 bridgehead atoms. The Morgan fingerprint density at radius 2 is 2.50 bits per heavy atom. The zero-order chi connectivity index (χ0) is 7.40. The molecule has 0 aromatic carbocycles. The molecule has 0 fully saturated rings. The van der Waals surface area contributed by atoms with Crippen LogP contribution in [0.3, 0.4) is 0 Å². The Morgan fingerprint density at radius 1 is 1.70 bits per heavy atom. The first-order valence-corrected chi connectivity index (χ1v) is 4.40. The van der Waals surface area contributed by atoms with E-state index in [1.54, 1.807) is 11.3 Å². The van der Waals surface area contributed by atoms with Crippen molar-refractivity contribution in [2.45, 2.75) is 19.3 Å². The van der Waals surface area contributed by atoms with E-state index in [1.807, 2.05) is 11.4 Å². The van der Waals surface area contributed by atoms with E-state index in [2.05, 4.69) is 13.0 Å². The first-order chi connectivity index (χ1) is 4.88. The zero-order valence-electron chi connectivity index (χ0n) is 6.08. The molecule has 0 aliphatic rings. The van der Waals surface area contributed by atoms with Crippen molar-refractivity contribution in [1.82, 2.24) is 0 Å². The van der Waals surface area contributed by atoms with Gasteiger partial charge < -0.3 is 5.11 Å². The summed E-state index contributed by atoms with van der Waals surface area (Å²) in [7, 11) is 0. The summed E-state index contributed by atoms with van der Waals surface area (Å²) in [5.74, 6) is 0.361. The fourth-order valence-electron chi connectivity index (χ4n) is 0.944. The molecule has 0 spiro atoms. The van der Waals surface area contributed by atoms with Gasteiger partial charge in [-0.25, -0.2) is 0 Å². The van der Waals surface area contributed by atoms with Gasteiger partial charge >= 0.3 is 0 Å². The van der Waals surface area contributed by atoms with Crippen LogP contribution in [0, 0.1) is 0 Å². The molecule has 1 nitrogen and oxygen atoms in total. The monoisotopic (exact) mass is 156 g/mol. The lowest BCUT2D eigenvalue weighted by Crippen LogP contribution is -1.99. The SMILES string of the molecule is CCC(CO)c1cccs1. The third kappa shape index (κ3) is 1.58. The van der Waals surface area contributed by atoms with E-state index >= 15 is 0 Å². The van der Waals surface area contributed by atoms with Crippen molar-refractivity contribution in [1.29, 1.82) is 0 Å². The van der Waals surface area contributed by atoms with E-state index in [9.17, 15) is 0 Å². The van der Waals surface area contributed by atoms with Crippen LogP contribution in [0.25, 0.3) is 0 Å². The Bertz CT molecular complexity index is 165. The van der Waals surface area contributed by atoms with Crippen molar-refractivity contribution >= 4 is 11.3 Å². The molecule has 1 aromatic heterocycles. The average Bonchev–Trinajstić information content (AvgIpc) is 2.43. The number of rotatable bonds is 3. The maximum Gasteiger partial charge on any atom is 0.0507 e. The zero-order valence-corrected chi connectivity index (χ0v) is 6.90.